The van der Waals surface area contributed by atoms with Crippen LogP contribution in [0.15, 0.2) is 56.8 Å². The molecular formula is C22H16BrN5O3S2. The van der Waals surface area contributed by atoms with Crippen molar-refractivity contribution in [3.05, 3.63) is 68.0 Å². The smallest absolute Gasteiger partial charge is 0.264 e. The topological polar surface area (TPSA) is 96.8 Å². The maximum atomic E-state index is 13.6. The van der Waals surface area contributed by atoms with Gasteiger partial charge in [0.2, 0.25) is 5.13 Å². The molecule has 8 nitrogen and oxygen atoms in total. The first-order chi connectivity index (χ1) is 15.9. The predicted molar refractivity (Wildman–Crippen MR) is 133 cm³/mol. The molecule has 3 aromatic rings. The first-order valence-corrected chi connectivity index (χ1v) is 12.2. The van der Waals surface area contributed by atoms with Crippen molar-refractivity contribution in [2.75, 3.05) is 12.0 Å². The summed E-state index contributed by atoms with van der Waals surface area (Å²) in [5.41, 5.74) is 2.69. The minimum atomic E-state index is -0.373. The van der Waals surface area contributed by atoms with E-state index in [0.717, 1.165) is 32.5 Å². The Bertz CT molecular complexity index is 1350. The monoisotopic (exact) mass is 541 g/mol. The third kappa shape index (κ3) is 4.19. The van der Waals surface area contributed by atoms with E-state index >= 15 is 0 Å². The number of aryl methyl sites for hydroxylation is 1. The highest BCUT2D eigenvalue weighted by atomic mass is 79.9. The highest BCUT2D eigenvalue weighted by Crippen LogP contribution is 2.45. The molecule has 2 aliphatic heterocycles. The highest BCUT2D eigenvalue weighted by Gasteiger charge is 2.39. The number of thioether (sulfide) groups is 1. The van der Waals surface area contributed by atoms with Crippen LogP contribution in [0.25, 0.3) is 5.57 Å². The first-order valence-electron chi connectivity index (χ1n) is 9.80. The van der Waals surface area contributed by atoms with Crippen LogP contribution in [0, 0.1) is 6.92 Å². The van der Waals surface area contributed by atoms with E-state index in [4.69, 9.17) is 4.74 Å². The van der Waals surface area contributed by atoms with Crippen LogP contribution in [0.1, 0.15) is 16.1 Å². The van der Waals surface area contributed by atoms with Crippen LogP contribution in [-0.2, 0) is 16.1 Å². The lowest BCUT2D eigenvalue weighted by Gasteiger charge is -2.17. The number of anilines is 1. The van der Waals surface area contributed by atoms with Crippen molar-refractivity contribution < 1.29 is 14.3 Å². The number of benzene rings is 2. The van der Waals surface area contributed by atoms with Gasteiger partial charge in [0.15, 0.2) is 5.17 Å². The van der Waals surface area contributed by atoms with Crippen LogP contribution in [0.5, 0.6) is 5.75 Å². The number of carbonyl (C=O) groups is 2. The molecule has 3 heterocycles. The molecule has 166 valence electrons. The van der Waals surface area contributed by atoms with Gasteiger partial charge in [0.05, 0.1) is 29.8 Å². The summed E-state index contributed by atoms with van der Waals surface area (Å²) in [4.78, 5) is 32.8. The zero-order valence-electron chi connectivity index (χ0n) is 17.5. The van der Waals surface area contributed by atoms with Crippen LogP contribution < -0.4 is 15.0 Å². The van der Waals surface area contributed by atoms with E-state index in [1.54, 1.807) is 24.1 Å². The molecule has 0 spiro atoms. The van der Waals surface area contributed by atoms with E-state index < -0.39 is 0 Å². The number of methoxy groups -OCH3 is 1. The Labute approximate surface area is 205 Å². The average Bonchev–Trinajstić information content (AvgIpc) is 3.45. The van der Waals surface area contributed by atoms with Crippen LogP contribution in [0.3, 0.4) is 0 Å². The lowest BCUT2D eigenvalue weighted by Crippen LogP contribution is -2.26. The van der Waals surface area contributed by atoms with Gasteiger partial charge < -0.3 is 15.0 Å². The zero-order chi connectivity index (χ0) is 23.1. The molecule has 0 unspecified atom stereocenters. The van der Waals surface area contributed by atoms with E-state index in [2.05, 4.69) is 36.4 Å². The molecule has 2 aliphatic rings. The molecular weight excluding hydrogens is 526 g/mol. The molecule has 0 bridgehead atoms. The van der Waals surface area contributed by atoms with Gasteiger partial charge in [-0.05, 0) is 54.6 Å². The summed E-state index contributed by atoms with van der Waals surface area (Å²) in [6.45, 7) is 2.20. The number of amides is 2. The van der Waals surface area contributed by atoms with Crippen molar-refractivity contribution in [1.82, 2.24) is 15.5 Å². The minimum absolute atomic E-state index is 0.244. The normalized spacial score (nSPS) is 18.8. The number of carbonyl (C=O) groups excluding carboxylic acids is 2. The Kier molecular flexibility index (Phi) is 5.77. The molecule has 0 aliphatic carbocycles. The molecule has 0 atom stereocenters. The van der Waals surface area contributed by atoms with Gasteiger partial charge in [0.1, 0.15) is 10.8 Å². The van der Waals surface area contributed by atoms with Gasteiger partial charge in [-0.15, -0.1) is 10.2 Å². The second kappa shape index (κ2) is 8.73. The number of hydrogen-bond donors (Lipinski definition) is 1. The predicted octanol–water partition coefficient (Wildman–Crippen LogP) is 4.43. The molecule has 5 rings (SSSR count). The number of nitrogens with one attached hydrogen (secondary N) is 1. The van der Waals surface area contributed by atoms with E-state index in [1.165, 1.54) is 11.3 Å². The fourth-order valence-corrected chi connectivity index (χ4v) is 5.34. The lowest BCUT2D eigenvalue weighted by atomic mass is 10.1. The van der Waals surface area contributed by atoms with Crippen molar-refractivity contribution in [3.8, 4) is 5.75 Å². The van der Waals surface area contributed by atoms with Gasteiger partial charge >= 0.3 is 0 Å². The molecule has 33 heavy (non-hydrogen) atoms. The van der Waals surface area contributed by atoms with Gasteiger partial charge in [0, 0.05) is 10.0 Å². The van der Waals surface area contributed by atoms with E-state index in [-0.39, 0.29) is 11.8 Å². The summed E-state index contributed by atoms with van der Waals surface area (Å²) in [6.07, 6.45) is 0. The Morgan fingerprint density at radius 3 is 2.64 bits per heavy atom. The number of aliphatic imine (C=N–C) groups is 1. The number of halogens is 1. The summed E-state index contributed by atoms with van der Waals surface area (Å²) in [5, 5.41) is 12.2. The largest absolute Gasteiger partial charge is 0.497 e. The zero-order valence-corrected chi connectivity index (χ0v) is 20.7. The highest BCUT2D eigenvalue weighted by molar-refractivity contribution is 9.10. The van der Waals surface area contributed by atoms with Crippen LogP contribution in [0.2, 0.25) is 0 Å². The van der Waals surface area contributed by atoms with Crippen LogP contribution in [-0.4, -0.2) is 34.3 Å². The maximum Gasteiger partial charge on any atom is 0.264 e. The van der Waals surface area contributed by atoms with Crippen molar-refractivity contribution in [2.45, 2.75) is 13.5 Å². The molecule has 1 N–H and O–H groups in total. The second-order valence-corrected chi connectivity index (χ2v) is 10.3. The molecule has 0 saturated carbocycles. The third-order valence-electron chi connectivity index (χ3n) is 5.04. The quantitative estimate of drug-likeness (QED) is 0.491. The van der Waals surface area contributed by atoms with Gasteiger partial charge in [-0.1, -0.05) is 39.4 Å². The molecule has 1 aromatic heterocycles. The van der Waals surface area contributed by atoms with E-state index in [0.29, 0.717) is 38.6 Å². The second-order valence-electron chi connectivity index (χ2n) is 7.18. The van der Waals surface area contributed by atoms with Crippen molar-refractivity contribution in [2.24, 2.45) is 4.99 Å². The average molecular weight is 542 g/mol. The Morgan fingerprint density at radius 2 is 1.94 bits per heavy atom. The molecule has 2 amide bonds. The number of amidine groups is 1. The standard InChI is InChI=1S/C22H16BrN5O3S2/c1-11-26-27-22(32-11)25-21-24-19(29)18(33-21)17-15-9-14(31-2)7-8-16(15)28(20(17)30)10-12-3-5-13(23)6-4-12/h3-9H,10H2,1-2H3,(H,24,25,27,29)/b18-17-. The SMILES string of the molecule is COc1ccc2c(c1)/C(=C1/S/C(=N/c3nnc(C)s3)NC1=O)C(=O)N2Cc1ccc(Br)cc1. The van der Waals surface area contributed by atoms with E-state index in [1.807, 2.05) is 37.3 Å². The number of aromatic nitrogens is 2. The molecule has 1 fully saturated rings. The van der Waals surface area contributed by atoms with E-state index in [9.17, 15) is 9.59 Å². The Hall–Kier alpha value is -3.02. The Balaban J connectivity index is 1.56. The first kappa shape index (κ1) is 21.8. The van der Waals surface area contributed by atoms with Crippen molar-refractivity contribution in [1.29, 1.82) is 0 Å². The number of rotatable bonds is 4. The molecule has 1 saturated heterocycles. The van der Waals surface area contributed by atoms with Gasteiger partial charge in [-0.3, -0.25) is 9.59 Å². The van der Waals surface area contributed by atoms with Gasteiger partial charge in [0.25, 0.3) is 11.8 Å². The van der Waals surface area contributed by atoms with Gasteiger partial charge in [-0.2, -0.15) is 4.99 Å². The minimum Gasteiger partial charge on any atom is -0.497 e. The van der Waals surface area contributed by atoms with Gasteiger partial charge in [-0.25, -0.2) is 0 Å². The number of fused-ring (bicyclic) bond motifs is 1. The fraction of sp³-hybridized carbons (Fsp3) is 0.136. The van der Waals surface area contributed by atoms with Crippen molar-refractivity contribution >= 4 is 72.4 Å². The molecule has 11 heteroatoms. The molecule has 0 radical (unpaired) electrons. The lowest BCUT2D eigenvalue weighted by molar-refractivity contribution is -0.116. The summed E-state index contributed by atoms with van der Waals surface area (Å²) in [6, 6.07) is 13.2. The number of ether oxygens (including phenoxy) is 1. The van der Waals surface area contributed by atoms with Crippen LogP contribution >= 0.6 is 39.0 Å². The summed E-state index contributed by atoms with van der Waals surface area (Å²) in [7, 11) is 1.57. The summed E-state index contributed by atoms with van der Waals surface area (Å²) < 4.78 is 6.34. The number of nitrogens with zero attached hydrogens (tertiary/aromatic N) is 4. The fourth-order valence-electron chi connectivity index (χ4n) is 3.54. The third-order valence-corrected chi connectivity index (χ3v) is 7.28. The van der Waals surface area contributed by atoms with Crippen LogP contribution in [0.4, 0.5) is 10.8 Å². The molecule has 2 aromatic carbocycles. The summed E-state index contributed by atoms with van der Waals surface area (Å²) in [5.74, 6) is -0.0128. The van der Waals surface area contributed by atoms with Crippen molar-refractivity contribution in [3.63, 3.8) is 0 Å². The number of hydrogen-bond acceptors (Lipinski definition) is 8. The Morgan fingerprint density at radius 1 is 1.15 bits per heavy atom. The maximum absolute atomic E-state index is 13.6. The summed E-state index contributed by atoms with van der Waals surface area (Å²) >= 11 is 5.88.